The van der Waals surface area contributed by atoms with E-state index in [0.717, 1.165) is 6.54 Å². The molecule has 2 N–H and O–H groups in total. The summed E-state index contributed by atoms with van der Waals surface area (Å²) in [5.41, 5.74) is 9.63. The number of nitrogens with two attached hydrogens (primary N) is 1. The van der Waals surface area contributed by atoms with Crippen LogP contribution >= 0.6 is 0 Å². The fourth-order valence-corrected chi connectivity index (χ4v) is 2.13. The molecular weight excluding hydrogens is 208 g/mol. The van der Waals surface area contributed by atoms with Gasteiger partial charge in [-0.1, -0.05) is 31.5 Å². The van der Waals surface area contributed by atoms with Crippen LogP contribution in [0.25, 0.3) is 0 Å². The summed E-state index contributed by atoms with van der Waals surface area (Å²) >= 11 is 0. The van der Waals surface area contributed by atoms with Crippen LogP contribution in [0.5, 0.6) is 0 Å². The van der Waals surface area contributed by atoms with Crippen LogP contribution in [0.4, 0.5) is 0 Å². The summed E-state index contributed by atoms with van der Waals surface area (Å²) < 4.78 is 0. The number of nitrogens with zero attached hydrogens (tertiary/aromatic N) is 1. The van der Waals surface area contributed by atoms with E-state index in [1.807, 2.05) is 0 Å². The van der Waals surface area contributed by atoms with Crippen LogP contribution in [0.15, 0.2) is 18.2 Å². The van der Waals surface area contributed by atoms with Crippen LogP contribution < -0.4 is 5.73 Å². The molecule has 1 aromatic rings. The Morgan fingerprint density at radius 2 is 2.06 bits per heavy atom. The molecule has 96 valence electrons. The fraction of sp³-hybridized carbons (Fsp3) is 0.600. The Morgan fingerprint density at radius 3 is 2.59 bits per heavy atom. The van der Waals surface area contributed by atoms with Gasteiger partial charge in [0.15, 0.2) is 0 Å². The fourth-order valence-electron chi connectivity index (χ4n) is 2.13. The SMILES string of the molecule is CCCC(C)N(C)Cc1ccc(CN)cc1C. The van der Waals surface area contributed by atoms with Crippen molar-refractivity contribution in [1.29, 1.82) is 0 Å². The molecule has 0 amide bonds. The van der Waals surface area contributed by atoms with Crippen LogP contribution in [0.3, 0.4) is 0 Å². The van der Waals surface area contributed by atoms with Gasteiger partial charge in [-0.05, 0) is 44.0 Å². The zero-order chi connectivity index (χ0) is 12.8. The Balaban J connectivity index is 2.68. The number of hydrogen-bond donors (Lipinski definition) is 1. The lowest BCUT2D eigenvalue weighted by atomic mass is 10.0. The second kappa shape index (κ2) is 6.77. The molecule has 0 saturated heterocycles. The number of rotatable bonds is 6. The first-order valence-corrected chi connectivity index (χ1v) is 6.57. The van der Waals surface area contributed by atoms with Crippen LogP contribution in [-0.4, -0.2) is 18.0 Å². The van der Waals surface area contributed by atoms with Gasteiger partial charge < -0.3 is 5.73 Å². The molecule has 1 rings (SSSR count). The minimum Gasteiger partial charge on any atom is -0.326 e. The average molecular weight is 234 g/mol. The highest BCUT2D eigenvalue weighted by molar-refractivity contribution is 5.30. The molecule has 17 heavy (non-hydrogen) atoms. The third kappa shape index (κ3) is 4.14. The van der Waals surface area contributed by atoms with Gasteiger partial charge in [0.05, 0.1) is 0 Å². The highest BCUT2D eigenvalue weighted by Gasteiger charge is 2.09. The van der Waals surface area contributed by atoms with E-state index in [0.29, 0.717) is 12.6 Å². The topological polar surface area (TPSA) is 29.3 Å². The molecule has 2 heteroatoms. The van der Waals surface area contributed by atoms with Gasteiger partial charge in [0.1, 0.15) is 0 Å². The summed E-state index contributed by atoms with van der Waals surface area (Å²) in [6.45, 7) is 8.37. The summed E-state index contributed by atoms with van der Waals surface area (Å²) in [6.07, 6.45) is 2.51. The van der Waals surface area contributed by atoms with E-state index in [4.69, 9.17) is 5.73 Å². The Hall–Kier alpha value is -0.860. The van der Waals surface area contributed by atoms with Crippen molar-refractivity contribution in [1.82, 2.24) is 4.90 Å². The molecule has 0 spiro atoms. The van der Waals surface area contributed by atoms with Crippen LogP contribution in [0.2, 0.25) is 0 Å². The van der Waals surface area contributed by atoms with Gasteiger partial charge in [-0.15, -0.1) is 0 Å². The first-order chi connectivity index (χ1) is 8.08. The highest BCUT2D eigenvalue weighted by Crippen LogP contribution is 2.15. The van der Waals surface area contributed by atoms with Gasteiger partial charge in [-0.25, -0.2) is 0 Å². The standard InChI is InChI=1S/C15H26N2/c1-5-6-13(3)17(4)11-15-8-7-14(10-16)9-12(15)2/h7-9,13H,5-6,10-11,16H2,1-4H3. The van der Waals surface area contributed by atoms with E-state index in [-0.39, 0.29) is 0 Å². The molecule has 0 bridgehead atoms. The maximum absolute atomic E-state index is 5.65. The van der Waals surface area contributed by atoms with Crippen LogP contribution in [-0.2, 0) is 13.1 Å². The van der Waals surface area contributed by atoms with E-state index in [1.54, 1.807) is 0 Å². The number of aryl methyl sites for hydroxylation is 1. The Morgan fingerprint density at radius 1 is 1.35 bits per heavy atom. The average Bonchev–Trinajstić information content (AvgIpc) is 2.31. The molecule has 0 heterocycles. The summed E-state index contributed by atoms with van der Waals surface area (Å²) in [4.78, 5) is 2.42. The van der Waals surface area contributed by atoms with Gasteiger partial charge in [0, 0.05) is 19.1 Å². The minimum atomic E-state index is 0.628. The highest BCUT2D eigenvalue weighted by atomic mass is 15.1. The largest absolute Gasteiger partial charge is 0.326 e. The van der Waals surface area contributed by atoms with E-state index in [1.165, 1.54) is 29.5 Å². The van der Waals surface area contributed by atoms with Gasteiger partial charge >= 0.3 is 0 Å². The molecular formula is C15H26N2. The second-order valence-electron chi connectivity index (χ2n) is 5.02. The first-order valence-electron chi connectivity index (χ1n) is 6.57. The molecule has 1 aromatic carbocycles. The minimum absolute atomic E-state index is 0.628. The maximum atomic E-state index is 5.65. The lowest BCUT2D eigenvalue weighted by Crippen LogP contribution is -2.28. The van der Waals surface area contributed by atoms with Crippen molar-refractivity contribution in [2.75, 3.05) is 7.05 Å². The maximum Gasteiger partial charge on any atom is 0.0236 e. The Bertz CT molecular complexity index is 347. The Kier molecular flexibility index (Phi) is 5.66. The van der Waals surface area contributed by atoms with Gasteiger partial charge in [0.25, 0.3) is 0 Å². The van der Waals surface area contributed by atoms with Crippen molar-refractivity contribution in [2.24, 2.45) is 5.73 Å². The predicted octanol–water partition coefficient (Wildman–Crippen LogP) is 3.07. The van der Waals surface area contributed by atoms with Crippen molar-refractivity contribution in [3.63, 3.8) is 0 Å². The monoisotopic (exact) mass is 234 g/mol. The molecule has 0 saturated carbocycles. The lowest BCUT2D eigenvalue weighted by molar-refractivity contribution is 0.236. The predicted molar refractivity (Wildman–Crippen MR) is 74.9 cm³/mol. The normalized spacial score (nSPS) is 13.1. The molecule has 2 nitrogen and oxygen atoms in total. The summed E-state index contributed by atoms with van der Waals surface area (Å²) in [6, 6.07) is 7.20. The summed E-state index contributed by atoms with van der Waals surface area (Å²) in [5, 5.41) is 0. The molecule has 0 radical (unpaired) electrons. The van der Waals surface area contributed by atoms with Crippen molar-refractivity contribution >= 4 is 0 Å². The van der Waals surface area contributed by atoms with Gasteiger partial charge in [-0.3, -0.25) is 4.90 Å². The first kappa shape index (κ1) is 14.2. The van der Waals surface area contributed by atoms with Gasteiger partial charge in [0.2, 0.25) is 0 Å². The van der Waals surface area contributed by atoms with E-state index < -0.39 is 0 Å². The van der Waals surface area contributed by atoms with Crippen molar-refractivity contribution in [2.45, 2.75) is 52.7 Å². The third-order valence-electron chi connectivity index (χ3n) is 3.52. The Labute approximate surface area is 106 Å². The smallest absolute Gasteiger partial charge is 0.0236 e. The van der Waals surface area contributed by atoms with Crippen LogP contribution in [0.1, 0.15) is 43.4 Å². The van der Waals surface area contributed by atoms with Crippen molar-refractivity contribution in [3.05, 3.63) is 34.9 Å². The molecule has 0 fully saturated rings. The van der Waals surface area contributed by atoms with E-state index in [9.17, 15) is 0 Å². The quantitative estimate of drug-likeness (QED) is 0.819. The summed E-state index contributed by atoms with van der Waals surface area (Å²) in [7, 11) is 2.20. The molecule has 0 aromatic heterocycles. The van der Waals surface area contributed by atoms with Gasteiger partial charge in [-0.2, -0.15) is 0 Å². The molecule has 0 aliphatic heterocycles. The molecule has 0 aliphatic rings. The molecule has 0 aliphatic carbocycles. The third-order valence-corrected chi connectivity index (χ3v) is 3.52. The van der Waals surface area contributed by atoms with E-state index in [2.05, 4.69) is 50.9 Å². The number of benzene rings is 1. The summed E-state index contributed by atoms with van der Waals surface area (Å²) in [5.74, 6) is 0. The zero-order valence-corrected chi connectivity index (χ0v) is 11.7. The zero-order valence-electron chi connectivity index (χ0n) is 11.7. The van der Waals surface area contributed by atoms with Crippen LogP contribution in [0, 0.1) is 6.92 Å². The van der Waals surface area contributed by atoms with E-state index >= 15 is 0 Å². The molecule has 1 atom stereocenters. The number of hydrogen-bond acceptors (Lipinski definition) is 2. The molecule has 1 unspecified atom stereocenters. The van der Waals surface area contributed by atoms with Crippen molar-refractivity contribution < 1.29 is 0 Å². The second-order valence-corrected chi connectivity index (χ2v) is 5.02. The van der Waals surface area contributed by atoms with Crippen molar-refractivity contribution in [3.8, 4) is 0 Å². The lowest BCUT2D eigenvalue weighted by Gasteiger charge is -2.25.